The second kappa shape index (κ2) is 8.42. The fraction of sp³-hybridized carbons (Fsp3) is 0.409. The summed E-state index contributed by atoms with van der Waals surface area (Å²) in [7, 11) is 0. The van der Waals surface area contributed by atoms with E-state index >= 15 is 0 Å². The van der Waals surface area contributed by atoms with Gasteiger partial charge in [-0.15, -0.1) is 0 Å². The minimum atomic E-state index is -0.360. The summed E-state index contributed by atoms with van der Waals surface area (Å²) in [6.45, 7) is 5.40. The van der Waals surface area contributed by atoms with Crippen LogP contribution in [-0.4, -0.2) is 30.7 Å². The minimum Gasteiger partial charge on any atom is -0.454 e. The van der Waals surface area contributed by atoms with Gasteiger partial charge >= 0.3 is 0 Å². The molecule has 1 fully saturated rings. The Morgan fingerprint density at radius 3 is 2.52 bits per heavy atom. The number of hydrogen-bond acceptors (Lipinski definition) is 4. The Kier molecular flexibility index (Phi) is 5.91. The third-order valence-corrected chi connectivity index (χ3v) is 6.53. The molecule has 2 aliphatic rings. The van der Waals surface area contributed by atoms with Gasteiger partial charge < -0.3 is 14.8 Å². The number of carbonyl (C=O) groups excluding carboxylic acids is 1. The summed E-state index contributed by atoms with van der Waals surface area (Å²) >= 11 is 12.0. The maximum Gasteiger partial charge on any atom is 0.231 e. The average molecular weight is 435 g/mol. The van der Waals surface area contributed by atoms with Gasteiger partial charge in [0.1, 0.15) is 0 Å². The number of amides is 1. The van der Waals surface area contributed by atoms with Crippen LogP contribution in [0.2, 0.25) is 10.0 Å². The molecular weight excluding hydrogens is 411 g/mol. The van der Waals surface area contributed by atoms with Crippen molar-refractivity contribution in [2.45, 2.75) is 32.9 Å². The number of hydrogen-bond donors (Lipinski definition) is 1. The van der Waals surface area contributed by atoms with E-state index in [1.54, 1.807) is 12.1 Å². The first-order valence-electron chi connectivity index (χ1n) is 9.76. The highest BCUT2D eigenvalue weighted by atomic mass is 35.5. The normalized spacial score (nSPS) is 17.9. The lowest BCUT2D eigenvalue weighted by Crippen LogP contribution is -2.46. The number of piperidine rings is 1. The lowest BCUT2D eigenvalue weighted by molar-refractivity contribution is -0.133. The predicted octanol–water partition coefficient (Wildman–Crippen LogP) is 4.64. The molecule has 0 atom stereocenters. The van der Waals surface area contributed by atoms with Gasteiger partial charge in [0.2, 0.25) is 12.7 Å². The van der Waals surface area contributed by atoms with Crippen LogP contribution >= 0.6 is 23.2 Å². The molecule has 0 bridgehead atoms. The van der Waals surface area contributed by atoms with E-state index in [2.05, 4.69) is 23.2 Å². The second-order valence-electron chi connectivity index (χ2n) is 7.96. The number of carbonyl (C=O) groups is 1. The van der Waals surface area contributed by atoms with E-state index in [1.807, 2.05) is 18.2 Å². The van der Waals surface area contributed by atoms with Gasteiger partial charge in [-0.3, -0.25) is 9.69 Å². The molecule has 0 saturated carbocycles. The van der Waals surface area contributed by atoms with Crippen LogP contribution in [-0.2, 0) is 17.9 Å². The number of nitrogens with one attached hydrogen (secondary N) is 1. The molecule has 7 heteroatoms. The molecule has 5 nitrogen and oxygen atoms in total. The largest absolute Gasteiger partial charge is 0.454 e. The molecule has 1 N–H and O–H groups in total. The zero-order chi connectivity index (χ0) is 20.4. The number of ether oxygens (including phenoxy) is 2. The molecule has 0 spiro atoms. The van der Waals surface area contributed by atoms with E-state index in [4.69, 9.17) is 32.7 Å². The lowest BCUT2D eigenvalue weighted by Gasteiger charge is -2.38. The Bertz CT molecular complexity index is 911. The monoisotopic (exact) mass is 434 g/mol. The number of likely N-dealkylation sites (tertiary alicyclic amines) is 1. The maximum atomic E-state index is 12.8. The van der Waals surface area contributed by atoms with Crippen LogP contribution in [0.5, 0.6) is 11.5 Å². The standard InChI is InChI=1S/C22H24Cl2N2O3/c1-22(21(27)25-12-15-2-4-17(23)18(24)10-15)6-8-26(9-7-22)13-16-3-5-19-20(11-16)29-14-28-19/h2-5,10-11H,6-9,12-14H2,1H3,(H,25,27). The zero-order valence-corrected chi connectivity index (χ0v) is 17.9. The second-order valence-corrected chi connectivity index (χ2v) is 8.77. The van der Waals surface area contributed by atoms with Gasteiger partial charge in [0.15, 0.2) is 11.5 Å². The Morgan fingerprint density at radius 2 is 1.76 bits per heavy atom. The minimum absolute atomic E-state index is 0.0892. The summed E-state index contributed by atoms with van der Waals surface area (Å²) in [6, 6.07) is 11.5. The van der Waals surface area contributed by atoms with Crippen molar-refractivity contribution in [2.75, 3.05) is 19.9 Å². The molecule has 0 aliphatic carbocycles. The average Bonchev–Trinajstić information content (AvgIpc) is 3.18. The van der Waals surface area contributed by atoms with Crippen LogP contribution < -0.4 is 14.8 Å². The SMILES string of the molecule is CC1(C(=O)NCc2ccc(Cl)c(Cl)c2)CCN(Cc2ccc3c(c2)OCO3)CC1. The molecule has 0 radical (unpaired) electrons. The van der Waals surface area contributed by atoms with Crippen LogP contribution in [0.3, 0.4) is 0 Å². The van der Waals surface area contributed by atoms with E-state index in [9.17, 15) is 4.79 Å². The Balaban J connectivity index is 1.29. The predicted molar refractivity (Wildman–Crippen MR) is 113 cm³/mol. The molecule has 2 heterocycles. The summed E-state index contributed by atoms with van der Waals surface area (Å²) in [5.41, 5.74) is 1.78. The van der Waals surface area contributed by atoms with Crippen molar-refractivity contribution in [1.29, 1.82) is 0 Å². The van der Waals surface area contributed by atoms with Crippen molar-refractivity contribution < 1.29 is 14.3 Å². The van der Waals surface area contributed by atoms with Crippen molar-refractivity contribution in [1.82, 2.24) is 10.2 Å². The molecular formula is C22H24Cl2N2O3. The number of halogens is 2. The summed E-state index contributed by atoms with van der Waals surface area (Å²) in [4.78, 5) is 15.2. The van der Waals surface area contributed by atoms with E-state index in [1.165, 1.54) is 5.56 Å². The first kappa shape index (κ1) is 20.3. The van der Waals surface area contributed by atoms with Crippen molar-refractivity contribution in [3.05, 3.63) is 57.6 Å². The van der Waals surface area contributed by atoms with Crippen LogP contribution in [0.25, 0.3) is 0 Å². The van der Waals surface area contributed by atoms with E-state index < -0.39 is 0 Å². The molecule has 4 rings (SSSR count). The van der Waals surface area contributed by atoms with Gasteiger partial charge in [-0.2, -0.15) is 0 Å². The number of rotatable bonds is 5. The van der Waals surface area contributed by atoms with Crippen molar-refractivity contribution in [3.8, 4) is 11.5 Å². The van der Waals surface area contributed by atoms with Crippen LogP contribution in [0, 0.1) is 5.41 Å². The number of fused-ring (bicyclic) bond motifs is 1. The van der Waals surface area contributed by atoms with E-state index in [0.717, 1.165) is 49.5 Å². The molecule has 1 saturated heterocycles. The lowest BCUT2D eigenvalue weighted by atomic mass is 9.79. The number of benzene rings is 2. The molecule has 2 aromatic rings. The summed E-state index contributed by atoms with van der Waals surface area (Å²) in [5.74, 6) is 1.70. The molecule has 1 amide bonds. The topological polar surface area (TPSA) is 50.8 Å². The smallest absolute Gasteiger partial charge is 0.231 e. The summed E-state index contributed by atoms with van der Waals surface area (Å²) < 4.78 is 10.8. The molecule has 0 unspecified atom stereocenters. The number of nitrogens with zero attached hydrogens (tertiary/aromatic N) is 1. The van der Waals surface area contributed by atoms with Gasteiger partial charge in [-0.05, 0) is 61.3 Å². The Morgan fingerprint density at radius 1 is 1.03 bits per heavy atom. The maximum absolute atomic E-state index is 12.8. The van der Waals surface area contributed by atoms with Crippen LogP contribution in [0.1, 0.15) is 30.9 Å². The van der Waals surface area contributed by atoms with Gasteiger partial charge in [0.25, 0.3) is 0 Å². The summed E-state index contributed by atoms with van der Waals surface area (Å²) in [6.07, 6.45) is 1.65. The highest BCUT2D eigenvalue weighted by Gasteiger charge is 2.36. The van der Waals surface area contributed by atoms with Crippen LogP contribution in [0.15, 0.2) is 36.4 Å². The molecule has 2 aliphatic heterocycles. The van der Waals surface area contributed by atoms with Crippen molar-refractivity contribution in [3.63, 3.8) is 0 Å². The van der Waals surface area contributed by atoms with Crippen LogP contribution in [0.4, 0.5) is 0 Å². The fourth-order valence-corrected chi connectivity index (χ4v) is 4.10. The molecule has 29 heavy (non-hydrogen) atoms. The Labute approximate surface area is 180 Å². The fourth-order valence-electron chi connectivity index (χ4n) is 3.77. The highest BCUT2D eigenvalue weighted by molar-refractivity contribution is 6.42. The third-order valence-electron chi connectivity index (χ3n) is 5.79. The van der Waals surface area contributed by atoms with Crippen molar-refractivity contribution in [2.24, 2.45) is 5.41 Å². The quantitative estimate of drug-likeness (QED) is 0.744. The Hall–Kier alpha value is -1.95. The summed E-state index contributed by atoms with van der Waals surface area (Å²) in [5, 5.41) is 4.08. The first-order valence-corrected chi connectivity index (χ1v) is 10.5. The van der Waals surface area contributed by atoms with Crippen molar-refractivity contribution >= 4 is 29.1 Å². The molecule has 2 aromatic carbocycles. The zero-order valence-electron chi connectivity index (χ0n) is 16.3. The molecule has 154 valence electrons. The third kappa shape index (κ3) is 4.63. The van der Waals surface area contributed by atoms with Gasteiger partial charge in [0.05, 0.1) is 10.0 Å². The highest BCUT2D eigenvalue weighted by Crippen LogP contribution is 2.35. The van der Waals surface area contributed by atoms with E-state index in [-0.39, 0.29) is 18.1 Å². The van der Waals surface area contributed by atoms with Gasteiger partial charge in [0, 0.05) is 18.5 Å². The molecule has 0 aromatic heterocycles. The first-order chi connectivity index (χ1) is 13.9. The van der Waals surface area contributed by atoms with Gasteiger partial charge in [-0.1, -0.05) is 42.3 Å². The van der Waals surface area contributed by atoms with E-state index in [0.29, 0.717) is 16.6 Å². The van der Waals surface area contributed by atoms with Gasteiger partial charge in [-0.25, -0.2) is 0 Å².